The van der Waals surface area contributed by atoms with Crippen LogP contribution < -0.4 is 5.32 Å². The van der Waals surface area contributed by atoms with Crippen LogP contribution in [0.1, 0.15) is 23.6 Å². The van der Waals surface area contributed by atoms with Crippen molar-refractivity contribution in [3.8, 4) is 0 Å². The van der Waals surface area contributed by atoms with E-state index in [1.165, 1.54) is 4.31 Å². The molecule has 0 aliphatic carbocycles. The molecule has 0 saturated heterocycles. The van der Waals surface area contributed by atoms with Crippen molar-refractivity contribution in [3.05, 3.63) is 28.8 Å². The molecule has 0 aromatic heterocycles. The molecule has 1 rings (SSSR count). The second-order valence-electron chi connectivity index (χ2n) is 4.60. The molecule has 0 heterocycles. The van der Waals surface area contributed by atoms with Crippen molar-refractivity contribution in [2.75, 3.05) is 20.6 Å². The highest BCUT2D eigenvalue weighted by Crippen LogP contribution is 2.23. The van der Waals surface area contributed by atoms with Gasteiger partial charge in [0.2, 0.25) is 10.0 Å². The molecule has 0 aliphatic heterocycles. The largest absolute Gasteiger partial charge is 0.313 e. The highest BCUT2D eigenvalue weighted by molar-refractivity contribution is 7.89. The van der Waals surface area contributed by atoms with Crippen molar-refractivity contribution in [1.29, 1.82) is 0 Å². The highest BCUT2D eigenvalue weighted by Gasteiger charge is 2.21. The average molecular weight is 270 g/mol. The summed E-state index contributed by atoms with van der Waals surface area (Å²) in [7, 11) is -0.259. The van der Waals surface area contributed by atoms with E-state index in [-0.39, 0.29) is 0 Å². The summed E-state index contributed by atoms with van der Waals surface area (Å²) in [6.45, 7) is 7.37. The molecule has 18 heavy (non-hydrogen) atoms. The van der Waals surface area contributed by atoms with Crippen LogP contribution in [0.4, 0.5) is 0 Å². The molecule has 1 N–H and O–H groups in total. The average Bonchev–Trinajstić information content (AvgIpc) is 2.29. The van der Waals surface area contributed by atoms with Crippen molar-refractivity contribution in [2.24, 2.45) is 0 Å². The smallest absolute Gasteiger partial charge is 0.242 e. The van der Waals surface area contributed by atoms with E-state index in [9.17, 15) is 8.42 Å². The number of benzene rings is 1. The van der Waals surface area contributed by atoms with Crippen LogP contribution in [0, 0.1) is 13.8 Å². The molecule has 0 unspecified atom stereocenters. The van der Waals surface area contributed by atoms with Crippen LogP contribution in [0.25, 0.3) is 0 Å². The number of rotatable bonds is 5. The van der Waals surface area contributed by atoms with Gasteiger partial charge >= 0.3 is 0 Å². The Balaban J connectivity index is 3.31. The minimum atomic E-state index is -3.37. The molecule has 0 fully saturated rings. The van der Waals surface area contributed by atoms with Gasteiger partial charge in [0, 0.05) is 20.6 Å². The second-order valence-corrected chi connectivity index (χ2v) is 6.72. The molecule has 0 radical (unpaired) electrons. The Morgan fingerprint density at radius 2 is 1.83 bits per heavy atom. The summed E-state index contributed by atoms with van der Waals surface area (Å²) in [4.78, 5) is 0.403. The maximum atomic E-state index is 12.2. The lowest BCUT2D eigenvalue weighted by molar-refractivity contribution is 0.519. The van der Waals surface area contributed by atoms with Crippen molar-refractivity contribution in [1.82, 2.24) is 9.62 Å². The number of nitrogens with zero attached hydrogens (tertiary/aromatic N) is 1. The van der Waals surface area contributed by atoms with Gasteiger partial charge in [-0.05, 0) is 43.1 Å². The first-order valence-electron chi connectivity index (χ1n) is 6.04. The topological polar surface area (TPSA) is 49.4 Å². The van der Waals surface area contributed by atoms with Crippen LogP contribution in [0.15, 0.2) is 17.0 Å². The molecule has 0 atom stereocenters. The summed E-state index contributed by atoms with van der Waals surface area (Å²) >= 11 is 0. The minimum absolute atomic E-state index is 0.403. The van der Waals surface area contributed by atoms with E-state index >= 15 is 0 Å². The first-order valence-corrected chi connectivity index (χ1v) is 7.48. The quantitative estimate of drug-likeness (QED) is 0.885. The van der Waals surface area contributed by atoms with Crippen LogP contribution in [-0.4, -0.2) is 33.4 Å². The van der Waals surface area contributed by atoms with Crippen molar-refractivity contribution in [2.45, 2.75) is 32.2 Å². The number of nitrogens with one attached hydrogen (secondary N) is 1. The zero-order valence-electron chi connectivity index (χ0n) is 11.7. The summed E-state index contributed by atoms with van der Waals surface area (Å²) in [5.74, 6) is 0. The fourth-order valence-corrected chi connectivity index (χ4v) is 2.98. The highest BCUT2D eigenvalue weighted by atomic mass is 32.2. The molecule has 0 bridgehead atoms. The van der Waals surface area contributed by atoms with Gasteiger partial charge in [-0.25, -0.2) is 12.7 Å². The summed E-state index contributed by atoms with van der Waals surface area (Å²) in [5.41, 5.74) is 2.83. The van der Waals surface area contributed by atoms with Gasteiger partial charge in [0.15, 0.2) is 0 Å². The van der Waals surface area contributed by atoms with Gasteiger partial charge < -0.3 is 5.32 Å². The van der Waals surface area contributed by atoms with Gasteiger partial charge in [-0.15, -0.1) is 0 Å². The fraction of sp³-hybridized carbons (Fsp3) is 0.538. The Kier molecular flexibility index (Phi) is 4.90. The molecular weight excluding hydrogens is 248 g/mol. The maximum absolute atomic E-state index is 12.2. The van der Waals surface area contributed by atoms with Gasteiger partial charge in [0.1, 0.15) is 0 Å². The van der Waals surface area contributed by atoms with Gasteiger partial charge in [-0.3, -0.25) is 0 Å². The van der Waals surface area contributed by atoms with Gasteiger partial charge in [-0.2, -0.15) is 0 Å². The Morgan fingerprint density at radius 1 is 1.22 bits per heavy atom. The van der Waals surface area contributed by atoms with Crippen LogP contribution in [0.5, 0.6) is 0 Å². The predicted molar refractivity (Wildman–Crippen MR) is 74.2 cm³/mol. The standard InChI is InChI=1S/C13H22N2O2S/c1-6-14-9-12-7-10(2)11(3)13(8-12)18(16,17)15(4)5/h7-8,14H,6,9H2,1-5H3. The number of aryl methyl sites for hydroxylation is 1. The maximum Gasteiger partial charge on any atom is 0.242 e. The van der Waals surface area contributed by atoms with E-state index in [1.807, 2.05) is 26.8 Å². The molecule has 0 saturated carbocycles. The lowest BCUT2D eigenvalue weighted by atomic mass is 10.1. The van der Waals surface area contributed by atoms with E-state index in [0.717, 1.165) is 23.2 Å². The molecule has 1 aromatic carbocycles. The third kappa shape index (κ3) is 3.10. The van der Waals surface area contributed by atoms with Gasteiger partial charge in [0.25, 0.3) is 0 Å². The molecular formula is C13H22N2O2S. The Hall–Kier alpha value is -0.910. The summed E-state index contributed by atoms with van der Waals surface area (Å²) in [6.07, 6.45) is 0. The minimum Gasteiger partial charge on any atom is -0.313 e. The molecule has 0 aliphatic rings. The summed E-state index contributed by atoms with van der Waals surface area (Å²) < 4.78 is 25.7. The van der Waals surface area contributed by atoms with Crippen LogP contribution in [-0.2, 0) is 16.6 Å². The molecule has 4 nitrogen and oxygen atoms in total. The van der Waals surface area contributed by atoms with Crippen molar-refractivity contribution < 1.29 is 8.42 Å². The van der Waals surface area contributed by atoms with E-state index in [2.05, 4.69) is 5.32 Å². The first kappa shape index (κ1) is 15.1. The Morgan fingerprint density at radius 3 is 2.33 bits per heavy atom. The lowest BCUT2D eigenvalue weighted by Gasteiger charge is -2.16. The molecule has 0 amide bonds. The van der Waals surface area contributed by atoms with E-state index in [1.54, 1.807) is 20.2 Å². The monoisotopic (exact) mass is 270 g/mol. The van der Waals surface area contributed by atoms with E-state index < -0.39 is 10.0 Å². The fourth-order valence-electron chi connectivity index (χ4n) is 1.74. The van der Waals surface area contributed by atoms with Crippen molar-refractivity contribution >= 4 is 10.0 Å². The first-order chi connectivity index (χ1) is 8.30. The molecule has 1 aromatic rings. The predicted octanol–water partition coefficient (Wildman–Crippen LogP) is 1.66. The second kappa shape index (κ2) is 5.82. The number of sulfonamides is 1. The van der Waals surface area contributed by atoms with Gasteiger partial charge in [-0.1, -0.05) is 13.0 Å². The SMILES string of the molecule is CCNCc1cc(C)c(C)c(S(=O)(=O)N(C)C)c1. The molecule has 102 valence electrons. The molecule has 0 spiro atoms. The van der Waals surface area contributed by atoms with Gasteiger partial charge in [0.05, 0.1) is 4.90 Å². The van der Waals surface area contributed by atoms with E-state index in [0.29, 0.717) is 11.4 Å². The van der Waals surface area contributed by atoms with Crippen molar-refractivity contribution in [3.63, 3.8) is 0 Å². The Bertz CT molecular complexity index is 522. The third-order valence-electron chi connectivity index (χ3n) is 3.02. The van der Waals surface area contributed by atoms with Crippen LogP contribution >= 0.6 is 0 Å². The van der Waals surface area contributed by atoms with Crippen LogP contribution in [0.2, 0.25) is 0 Å². The normalized spacial score (nSPS) is 12.1. The lowest BCUT2D eigenvalue weighted by Crippen LogP contribution is -2.24. The third-order valence-corrected chi connectivity index (χ3v) is 4.96. The zero-order valence-corrected chi connectivity index (χ0v) is 12.6. The van der Waals surface area contributed by atoms with Crippen LogP contribution in [0.3, 0.4) is 0 Å². The summed E-state index contributed by atoms with van der Waals surface area (Å²) in [5, 5.41) is 3.21. The molecule has 5 heteroatoms. The summed E-state index contributed by atoms with van der Waals surface area (Å²) in [6, 6.07) is 3.80. The zero-order chi connectivity index (χ0) is 13.9. The van der Waals surface area contributed by atoms with E-state index in [4.69, 9.17) is 0 Å². The Labute approximate surface area is 110 Å². The number of hydrogen-bond acceptors (Lipinski definition) is 3. The number of hydrogen-bond donors (Lipinski definition) is 1.